The second-order valence-corrected chi connectivity index (χ2v) is 15.7. The SMILES string of the molecule is C[Si]C.Cc1ccc(-c2cc(C)cc3[cH-]c(C)cc23)cc1.Cc1ccc(-c2cc(C)cc3[cH-]c(C)cc23)cc1.[Cl][Zr+2][Cl]. The van der Waals surface area contributed by atoms with E-state index in [1.165, 1.54) is 77.2 Å². The second kappa shape index (κ2) is 16.6. The van der Waals surface area contributed by atoms with Crippen molar-refractivity contribution in [2.24, 2.45) is 0 Å². The van der Waals surface area contributed by atoms with Crippen molar-refractivity contribution in [2.75, 3.05) is 0 Å². The van der Waals surface area contributed by atoms with Gasteiger partial charge in [-0.1, -0.05) is 121 Å². The van der Waals surface area contributed by atoms with Crippen LogP contribution < -0.4 is 0 Å². The number of halogens is 2. The van der Waals surface area contributed by atoms with E-state index in [2.05, 4.69) is 152 Å². The number of hydrogen-bond acceptors (Lipinski definition) is 0. The fourth-order valence-corrected chi connectivity index (χ4v) is 5.19. The molecule has 6 aromatic rings. The summed E-state index contributed by atoms with van der Waals surface area (Å²) in [5.74, 6) is 0. The van der Waals surface area contributed by atoms with Gasteiger partial charge in [0, 0.05) is 9.52 Å². The fraction of sp³-hybridized carbons (Fsp3) is 0.211. The fourth-order valence-electron chi connectivity index (χ4n) is 5.19. The van der Waals surface area contributed by atoms with Crippen LogP contribution in [-0.4, -0.2) is 9.52 Å². The first-order valence-electron chi connectivity index (χ1n) is 14.1. The van der Waals surface area contributed by atoms with Gasteiger partial charge in [0.2, 0.25) is 0 Å². The molecule has 2 radical (unpaired) electrons. The van der Waals surface area contributed by atoms with Gasteiger partial charge in [-0.05, 0) is 38.8 Å². The maximum atomic E-state index is 4.93. The molecule has 0 aliphatic rings. The van der Waals surface area contributed by atoms with Crippen molar-refractivity contribution >= 4 is 48.1 Å². The quantitative estimate of drug-likeness (QED) is 0.126. The number of fused-ring (bicyclic) bond motifs is 2. The monoisotopic (exact) mass is 684 g/mol. The zero-order chi connectivity index (χ0) is 30.8. The van der Waals surface area contributed by atoms with Crippen LogP contribution in [0.2, 0.25) is 13.1 Å². The minimum absolute atomic E-state index is 0.826. The Morgan fingerprint density at radius 3 is 1.12 bits per heavy atom. The van der Waals surface area contributed by atoms with Crippen LogP contribution in [0.3, 0.4) is 0 Å². The molecule has 42 heavy (non-hydrogen) atoms. The standard InChI is InChI=1S/2C18H17.C2H6Si.2ClH.Zr/c2*1-12-4-6-15(7-5-12)17-10-13(2)8-16-9-14(3)11-18(16)17;1-3-2;;;/h2*4-11H,1-3H3;1-2H3;2*1H;/q2*-1;;;;+4/p-2. The van der Waals surface area contributed by atoms with Crippen molar-refractivity contribution in [3.8, 4) is 22.3 Å². The van der Waals surface area contributed by atoms with Crippen LogP contribution in [-0.2, 0) is 20.8 Å². The Bertz CT molecular complexity index is 1580. The van der Waals surface area contributed by atoms with Crippen molar-refractivity contribution in [1.29, 1.82) is 0 Å². The predicted octanol–water partition coefficient (Wildman–Crippen LogP) is 12.5. The van der Waals surface area contributed by atoms with Crippen LogP contribution in [0, 0.1) is 41.5 Å². The van der Waals surface area contributed by atoms with Crippen LogP contribution in [0.15, 0.2) is 97.1 Å². The normalized spacial score (nSPS) is 10.1. The van der Waals surface area contributed by atoms with Crippen LogP contribution in [0.1, 0.15) is 33.4 Å². The third-order valence-corrected chi connectivity index (χ3v) is 6.95. The zero-order valence-electron chi connectivity index (χ0n) is 26.0. The molecule has 0 amide bonds. The molecule has 0 aliphatic carbocycles. The van der Waals surface area contributed by atoms with Crippen LogP contribution in [0.5, 0.6) is 0 Å². The van der Waals surface area contributed by atoms with Gasteiger partial charge in [0.25, 0.3) is 0 Å². The molecule has 0 atom stereocenters. The number of hydrogen-bond donors (Lipinski definition) is 0. The minimum atomic E-state index is -0.826. The Labute approximate surface area is 274 Å². The van der Waals surface area contributed by atoms with Gasteiger partial charge >= 0.3 is 37.9 Å². The molecule has 0 unspecified atom stereocenters. The van der Waals surface area contributed by atoms with E-state index >= 15 is 0 Å². The molecule has 0 bridgehead atoms. The second-order valence-electron chi connectivity index (χ2n) is 11.0. The van der Waals surface area contributed by atoms with Gasteiger partial charge in [-0.15, -0.1) is 56.9 Å². The summed E-state index contributed by atoms with van der Waals surface area (Å²) < 4.78 is 0. The van der Waals surface area contributed by atoms with E-state index in [4.69, 9.17) is 17.0 Å². The van der Waals surface area contributed by atoms with Gasteiger partial charge in [-0.2, -0.15) is 12.1 Å². The van der Waals surface area contributed by atoms with Crippen molar-refractivity contribution in [1.82, 2.24) is 0 Å². The van der Waals surface area contributed by atoms with E-state index in [0.29, 0.717) is 0 Å². The summed E-state index contributed by atoms with van der Waals surface area (Å²) in [6.45, 7) is 17.2. The number of aryl methyl sites for hydroxylation is 6. The topological polar surface area (TPSA) is 0 Å². The molecule has 0 aromatic heterocycles. The summed E-state index contributed by atoms with van der Waals surface area (Å²) in [4.78, 5) is 0. The van der Waals surface area contributed by atoms with Crippen molar-refractivity contribution in [3.63, 3.8) is 0 Å². The first kappa shape index (κ1) is 34.3. The molecule has 214 valence electrons. The first-order chi connectivity index (χ1) is 20.1. The predicted molar refractivity (Wildman–Crippen MR) is 188 cm³/mol. The van der Waals surface area contributed by atoms with E-state index in [1.807, 2.05) is 0 Å². The Balaban J connectivity index is 0.000000195. The van der Waals surface area contributed by atoms with Crippen molar-refractivity contribution in [3.05, 3.63) is 130 Å². The average Bonchev–Trinajstić information content (AvgIpc) is 3.50. The summed E-state index contributed by atoms with van der Waals surface area (Å²) in [6, 6.07) is 35.8. The molecule has 0 aliphatic heterocycles. The van der Waals surface area contributed by atoms with Gasteiger partial charge in [0.1, 0.15) is 0 Å². The molecular formula is C38H40Cl2SiZr. The zero-order valence-corrected chi connectivity index (χ0v) is 31.0. The molecule has 0 saturated carbocycles. The molecule has 0 fully saturated rings. The first-order valence-corrected chi connectivity index (χ1v) is 22.5. The molecular weight excluding hydrogens is 647 g/mol. The van der Waals surface area contributed by atoms with E-state index in [9.17, 15) is 0 Å². The van der Waals surface area contributed by atoms with Gasteiger partial charge < -0.3 is 0 Å². The van der Waals surface area contributed by atoms with Gasteiger partial charge in [0.15, 0.2) is 0 Å². The molecule has 0 N–H and O–H groups in total. The number of benzene rings is 4. The van der Waals surface area contributed by atoms with Crippen LogP contribution >= 0.6 is 17.0 Å². The third-order valence-electron chi connectivity index (χ3n) is 6.95. The summed E-state index contributed by atoms with van der Waals surface area (Å²) in [7, 11) is 11.0. The summed E-state index contributed by atoms with van der Waals surface area (Å²) in [6.07, 6.45) is 0. The summed E-state index contributed by atoms with van der Waals surface area (Å²) in [5, 5.41) is 5.43. The Kier molecular flexibility index (Phi) is 13.5. The Morgan fingerprint density at radius 1 is 0.500 bits per heavy atom. The van der Waals surface area contributed by atoms with Gasteiger partial charge in [-0.25, -0.2) is 0 Å². The van der Waals surface area contributed by atoms with E-state index in [-0.39, 0.29) is 0 Å². The molecule has 4 heteroatoms. The van der Waals surface area contributed by atoms with E-state index in [1.54, 1.807) is 0 Å². The molecule has 0 spiro atoms. The molecule has 6 aromatic carbocycles. The van der Waals surface area contributed by atoms with Gasteiger partial charge in [0.05, 0.1) is 0 Å². The summed E-state index contributed by atoms with van der Waals surface area (Å²) in [5.41, 5.74) is 13.2. The molecule has 0 nitrogen and oxygen atoms in total. The van der Waals surface area contributed by atoms with Crippen molar-refractivity contribution < 1.29 is 20.8 Å². The maximum absolute atomic E-state index is 4.93. The third kappa shape index (κ3) is 9.39. The van der Waals surface area contributed by atoms with E-state index < -0.39 is 20.8 Å². The number of rotatable bonds is 2. The van der Waals surface area contributed by atoms with Crippen LogP contribution in [0.25, 0.3) is 43.8 Å². The Morgan fingerprint density at radius 2 is 0.810 bits per heavy atom. The van der Waals surface area contributed by atoms with Crippen molar-refractivity contribution in [2.45, 2.75) is 54.6 Å². The van der Waals surface area contributed by atoms with Crippen LogP contribution in [0.4, 0.5) is 0 Å². The molecule has 6 rings (SSSR count). The van der Waals surface area contributed by atoms with Gasteiger partial charge in [-0.3, -0.25) is 0 Å². The average molecular weight is 687 g/mol. The molecule has 0 heterocycles. The van der Waals surface area contributed by atoms with E-state index in [0.717, 1.165) is 9.52 Å². The summed E-state index contributed by atoms with van der Waals surface area (Å²) >= 11 is -0.826. The molecule has 0 saturated heterocycles. The Hall–Kier alpha value is -2.22.